The smallest absolute Gasteiger partial charge is 0.258 e. The zero-order valence-electron chi connectivity index (χ0n) is 16.5. The summed E-state index contributed by atoms with van der Waals surface area (Å²) < 4.78 is 5.46. The van der Waals surface area contributed by atoms with Crippen LogP contribution < -0.4 is 5.32 Å². The van der Waals surface area contributed by atoms with E-state index in [-0.39, 0.29) is 23.7 Å². The molecule has 0 bridgehead atoms. The molecule has 1 aliphatic rings. The van der Waals surface area contributed by atoms with Crippen LogP contribution in [0.5, 0.6) is 0 Å². The van der Waals surface area contributed by atoms with Crippen molar-refractivity contribution in [1.82, 2.24) is 20.4 Å². The average molecular weight is 393 g/mol. The number of carbonyl (C=O) groups excluding carboxylic acids is 1. The van der Waals surface area contributed by atoms with E-state index in [9.17, 15) is 4.79 Å². The van der Waals surface area contributed by atoms with Crippen LogP contribution >= 0.6 is 12.4 Å². The number of carbonyl (C=O) groups is 1. The molecule has 1 amide bonds. The summed E-state index contributed by atoms with van der Waals surface area (Å²) >= 11 is 0. The highest BCUT2D eigenvalue weighted by Crippen LogP contribution is 2.28. The minimum atomic E-state index is -0.199. The quantitative estimate of drug-likeness (QED) is 0.861. The number of nitrogens with zero attached hydrogens (tertiary/aromatic N) is 3. The minimum absolute atomic E-state index is 0. The first kappa shape index (κ1) is 21.4. The van der Waals surface area contributed by atoms with Crippen molar-refractivity contribution in [2.75, 3.05) is 26.7 Å². The second kappa shape index (κ2) is 8.85. The third-order valence-electron chi connectivity index (χ3n) is 4.88. The van der Waals surface area contributed by atoms with E-state index >= 15 is 0 Å². The van der Waals surface area contributed by atoms with Gasteiger partial charge in [0.2, 0.25) is 0 Å². The lowest BCUT2D eigenvalue weighted by atomic mass is 9.95. The van der Waals surface area contributed by atoms with Crippen molar-refractivity contribution in [3.8, 4) is 11.5 Å². The molecule has 0 saturated carbocycles. The summed E-state index contributed by atoms with van der Waals surface area (Å²) in [6.07, 6.45) is 2.06. The van der Waals surface area contributed by atoms with E-state index in [1.165, 1.54) is 0 Å². The molecule has 27 heavy (non-hydrogen) atoms. The molecule has 0 unspecified atom stereocenters. The van der Waals surface area contributed by atoms with Crippen LogP contribution in [0.1, 0.15) is 49.8 Å². The van der Waals surface area contributed by atoms with Gasteiger partial charge >= 0.3 is 0 Å². The highest BCUT2D eigenvalue weighted by molar-refractivity contribution is 6.00. The number of amides is 1. The summed E-state index contributed by atoms with van der Waals surface area (Å²) in [5, 5.41) is 7.32. The molecule has 1 N–H and O–H groups in total. The van der Waals surface area contributed by atoms with E-state index in [1.54, 1.807) is 0 Å². The molecule has 1 aromatic heterocycles. The van der Waals surface area contributed by atoms with Crippen molar-refractivity contribution in [3.63, 3.8) is 0 Å². The molecular formula is C20H29ClN4O2. The highest BCUT2D eigenvalue weighted by atomic mass is 35.5. The Hall–Kier alpha value is -1.92. The molecule has 3 rings (SSSR count). The van der Waals surface area contributed by atoms with Crippen LogP contribution in [0.3, 0.4) is 0 Å². The molecule has 1 aromatic carbocycles. The molecule has 2 heterocycles. The van der Waals surface area contributed by atoms with Crippen molar-refractivity contribution in [1.29, 1.82) is 0 Å². The molecule has 2 aromatic rings. The average Bonchev–Trinajstić information content (AvgIpc) is 3.12. The van der Waals surface area contributed by atoms with Crippen LogP contribution in [0, 0.1) is 5.92 Å². The van der Waals surface area contributed by atoms with Crippen LogP contribution in [0.4, 0.5) is 0 Å². The van der Waals surface area contributed by atoms with Gasteiger partial charge in [-0.25, -0.2) is 0 Å². The van der Waals surface area contributed by atoms with E-state index in [1.807, 2.05) is 57.0 Å². The lowest BCUT2D eigenvalue weighted by molar-refractivity contribution is 0.0691. The van der Waals surface area contributed by atoms with E-state index in [0.717, 1.165) is 32.5 Å². The highest BCUT2D eigenvalue weighted by Gasteiger charge is 2.27. The van der Waals surface area contributed by atoms with Gasteiger partial charge in [0.1, 0.15) is 0 Å². The molecular weight excluding hydrogens is 364 g/mol. The summed E-state index contributed by atoms with van der Waals surface area (Å²) in [5.41, 5.74) is 1.14. The largest absolute Gasteiger partial charge is 0.339 e. The topological polar surface area (TPSA) is 71.3 Å². The Kier molecular flexibility index (Phi) is 7.00. The van der Waals surface area contributed by atoms with Gasteiger partial charge in [-0.15, -0.1) is 12.4 Å². The lowest BCUT2D eigenvalue weighted by Gasteiger charge is -2.32. The second-order valence-electron chi connectivity index (χ2n) is 8.01. The van der Waals surface area contributed by atoms with Gasteiger partial charge in [0.05, 0.1) is 11.1 Å². The Labute approximate surface area is 167 Å². The number of benzene rings is 1. The van der Waals surface area contributed by atoms with Crippen LogP contribution in [0.2, 0.25) is 0 Å². The van der Waals surface area contributed by atoms with Crippen LogP contribution in [-0.2, 0) is 5.41 Å². The third kappa shape index (κ3) is 4.87. The van der Waals surface area contributed by atoms with E-state index < -0.39 is 0 Å². The first-order valence-electron chi connectivity index (χ1n) is 9.27. The van der Waals surface area contributed by atoms with E-state index in [4.69, 9.17) is 4.52 Å². The van der Waals surface area contributed by atoms with Crippen molar-refractivity contribution < 1.29 is 9.32 Å². The zero-order valence-corrected chi connectivity index (χ0v) is 17.3. The minimum Gasteiger partial charge on any atom is -0.339 e. The fraction of sp³-hybridized carbons (Fsp3) is 0.550. The number of hydrogen-bond donors (Lipinski definition) is 1. The molecule has 0 radical (unpaired) electrons. The number of nitrogens with one attached hydrogen (secondary N) is 1. The zero-order chi connectivity index (χ0) is 18.7. The number of hydrogen-bond acceptors (Lipinski definition) is 5. The van der Waals surface area contributed by atoms with Crippen LogP contribution in [0.15, 0.2) is 28.8 Å². The van der Waals surface area contributed by atoms with E-state index in [2.05, 4.69) is 15.5 Å². The first-order chi connectivity index (χ1) is 12.4. The molecule has 0 aliphatic carbocycles. The summed E-state index contributed by atoms with van der Waals surface area (Å²) in [5.74, 6) is 1.73. The monoisotopic (exact) mass is 392 g/mol. The van der Waals surface area contributed by atoms with Crippen molar-refractivity contribution >= 4 is 18.3 Å². The van der Waals surface area contributed by atoms with Crippen molar-refractivity contribution in [2.24, 2.45) is 5.92 Å². The second-order valence-corrected chi connectivity index (χ2v) is 8.01. The van der Waals surface area contributed by atoms with Crippen molar-refractivity contribution in [3.05, 3.63) is 35.7 Å². The predicted octanol–water partition coefficient (Wildman–Crippen LogP) is 3.53. The number of rotatable bonds is 4. The lowest BCUT2D eigenvalue weighted by Crippen LogP contribution is -2.40. The third-order valence-corrected chi connectivity index (χ3v) is 4.88. The van der Waals surface area contributed by atoms with Gasteiger partial charge in [-0.1, -0.05) is 38.1 Å². The summed E-state index contributed by atoms with van der Waals surface area (Å²) in [4.78, 5) is 19.5. The van der Waals surface area contributed by atoms with Crippen molar-refractivity contribution in [2.45, 2.75) is 39.0 Å². The van der Waals surface area contributed by atoms with Gasteiger partial charge in [-0.3, -0.25) is 4.79 Å². The molecule has 0 atom stereocenters. The maximum absolute atomic E-state index is 13.1. The Bertz CT molecular complexity index is 761. The van der Waals surface area contributed by atoms with Gasteiger partial charge in [-0.2, -0.15) is 4.98 Å². The Morgan fingerprint density at radius 1 is 1.26 bits per heavy atom. The first-order valence-corrected chi connectivity index (χ1v) is 9.27. The summed E-state index contributed by atoms with van der Waals surface area (Å²) in [6, 6.07) is 7.50. The van der Waals surface area contributed by atoms with Gasteiger partial charge in [0.25, 0.3) is 11.8 Å². The summed E-state index contributed by atoms with van der Waals surface area (Å²) in [7, 11) is 1.98. The SMILES string of the molecule is CNCC1CCN(C(=O)c2ccccc2-c2nc(C(C)(C)C)no2)CC1.Cl. The summed E-state index contributed by atoms with van der Waals surface area (Å²) in [6.45, 7) is 8.69. The molecule has 1 aliphatic heterocycles. The molecule has 0 spiro atoms. The number of piperidine rings is 1. The fourth-order valence-corrected chi connectivity index (χ4v) is 3.29. The van der Waals surface area contributed by atoms with Crippen LogP contribution in [0.25, 0.3) is 11.5 Å². The number of likely N-dealkylation sites (tertiary alicyclic amines) is 1. The number of halogens is 1. The Morgan fingerprint density at radius 3 is 2.52 bits per heavy atom. The molecule has 6 nitrogen and oxygen atoms in total. The Morgan fingerprint density at radius 2 is 1.93 bits per heavy atom. The maximum atomic E-state index is 13.1. The molecule has 7 heteroatoms. The fourth-order valence-electron chi connectivity index (χ4n) is 3.29. The standard InChI is InChI=1S/C20H28N4O2.ClH/c1-20(2,3)19-22-17(26-23-19)15-7-5-6-8-16(15)18(25)24-11-9-14(10-12-24)13-21-4;/h5-8,14,21H,9-13H2,1-4H3;1H. The molecule has 148 valence electrons. The normalized spacial score (nSPS) is 15.5. The van der Waals surface area contributed by atoms with E-state index in [0.29, 0.717) is 28.8 Å². The van der Waals surface area contributed by atoms with Gasteiger partial charge in [0, 0.05) is 18.5 Å². The van der Waals surface area contributed by atoms with Gasteiger partial charge < -0.3 is 14.7 Å². The van der Waals surface area contributed by atoms with Gasteiger partial charge in [0.15, 0.2) is 5.82 Å². The molecule has 1 saturated heterocycles. The Balaban J connectivity index is 0.00000261. The van der Waals surface area contributed by atoms with Crippen LogP contribution in [-0.4, -0.2) is 47.6 Å². The number of aromatic nitrogens is 2. The van der Waals surface area contributed by atoms with Gasteiger partial charge in [-0.05, 0) is 44.5 Å². The maximum Gasteiger partial charge on any atom is 0.258 e. The molecule has 1 fully saturated rings. The predicted molar refractivity (Wildman–Crippen MR) is 108 cm³/mol.